The summed E-state index contributed by atoms with van der Waals surface area (Å²) in [7, 11) is 0. The van der Waals surface area contributed by atoms with E-state index in [4.69, 9.17) is 10.7 Å². The quantitative estimate of drug-likeness (QED) is 0.784. The molecule has 2 aromatic rings. The fraction of sp³-hybridized carbons (Fsp3) is 0.409. The van der Waals surface area contributed by atoms with E-state index in [2.05, 4.69) is 4.98 Å². The standard InChI is InChI=1S/C22H23FN4OS/c23-20-18(5-2-8-25-20)15-3-1-4-16(10-15)22-13-27(19(28)9-14-6-7-14)11-17(22)12-29-21(24)26-22/h1-5,8,10,14,17H,6-7,9,11-13H2,(H2,24,26). The summed E-state index contributed by atoms with van der Waals surface area (Å²) in [6.45, 7) is 1.23. The zero-order valence-electron chi connectivity index (χ0n) is 16.1. The highest BCUT2D eigenvalue weighted by atomic mass is 32.2. The number of carbonyl (C=O) groups is 1. The summed E-state index contributed by atoms with van der Waals surface area (Å²) in [4.78, 5) is 23.4. The highest BCUT2D eigenvalue weighted by Gasteiger charge is 2.51. The van der Waals surface area contributed by atoms with E-state index in [0.29, 0.717) is 36.2 Å². The maximum atomic E-state index is 14.3. The lowest BCUT2D eigenvalue weighted by Crippen LogP contribution is -2.40. The molecule has 1 aromatic heterocycles. The van der Waals surface area contributed by atoms with Gasteiger partial charge in [0.25, 0.3) is 0 Å². The van der Waals surface area contributed by atoms with E-state index in [1.165, 1.54) is 6.20 Å². The molecular weight excluding hydrogens is 387 g/mol. The molecule has 2 N–H and O–H groups in total. The van der Waals surface area contributed by atoms with E-state index >= 15 is 0 Å². The molecule has 1 saturated heterocycles. The van der Waals surface area contributed by atoms with Crippen molar-refractivity contribution in [2.75, 3.05) is 18.8 Å². The van der Waals surface area contributed by atoms with Crippen LogP contribution in [0.3, 0.4) is 0 Å². The maximum absolute atomic E-state index is 14.3. The first kappa shape index (κ1) is 18.6. The van der Waals surface area contributed by atoms with Crippen LogP contribution in [0.5, 0.6) is 0 Å². The second-order valence-corrected chi connectivity index (χ2v) is 9.27. The molecule has 0 bridgehead atoms. The monoisotopic (exact) mass is 410 g/mol. The summed E-state index contributed by atoms with van der Waals surface area (Å²) in [6, 6.07) is 11.3. The van der Waals surface area contributed by atoms with E-state index in [1.807, 2.05) is 29.2 Å². The molecule has 29 heavy (non-hydrogen) atoms. The first-order valence-electron chi connectivity index (χ1n) is 10.0. The van der Waals surface area contributed by atoms with Crippen LogP contribution >= 0.6 is 11.8 Å². The van der Waals surface area contributed by atoms with Gasteiger partial charge in [-0.3, -0.25) is 4.79 Å². The summed E-state index contributed by atoms with van der Waals surface area (Å²) in [6.07, 6.45) is 4.40. The number of benzene rings is 1. The molecule has 1 saturated carbocycles. The largest absolute Gasteiger partial charge is 0.379 e. The van der Waals surface area contributed by atoms with Crippen LogP contribution in [0.2, 0.25) is 0 Å². The molecule has 7 heteroatoms. The smallest absolute Gasteiger partial charge is 0.222 e. The third-order valence-corrected chi connectivity index (χ3v) is 7.19. The molecule has 1 aromatic carbocycles. The predicted octanol–water partition coefficient (Wildman–Crippen LogP) is 3.40. The van der Waals surface area contributed by atoms with E-state index in [1.54, 1.807) is 23.9 Å². The minimum Gasteiger partial charge on any atom is -0.379 e. The van der Waals surface area contributed by atoms with Crippen LogP contribution in [0.25, 0.3) is 11.1 Å². The Hall–Kier alpha value is -2.41. The Morgan fingerprint density at radius 1 is 1.31 bits per heavy atom. The number of nitrogens with two attached hydrogens (primary N) is 1. The molecule has 1 aliphatic carbocycles. The van der Waals surface area contributed by atoms with Crippen LogP contribution in [-0.4, -0.2) is 39.8 Å². The van der Waals surface area contributed by atoms with Crippen LogP contribution < -0.4 is 5.73 Å². The Bertz CT molecular complexity index is 992. The minimum atomic E-state index is -0.566. The van der Waals surface area contributed by atoms with Gasteiger partial charge < -0.3 is 10.6 Å². The number of aromatic nitrogens is 1. The van der Waals surface area contributed by atoms with E-state index in [0.717, 1.165) is 29.7 Å². The predicted molar refractivity (Wildman–Crippen MR) is 113 cm³/mol. The molecular formula is C22H23FN4OS. The minimum absolute atomic E-state index is 0.192. The number of aliphatic imine (C=N–C) groups is 1. The van der Waals surface area contributed by atoms with Crippen molar-refractivity contribution in [2.24, 2.45) is 22.6 Å². The Morgan fingerprint density at radius 3 is 2.97 bits per heavy atom. The Morgan fingerprint density at radius 2 is 2.17 bits per heavy atom. The highest BCUT2D eigenvalue weighted by Crippen LogP contribution is 2.46. The average molecular weight is 411 g/mol. The van der Waals surface area contributed by atoms with Crippen LogP contribution in [-0.2, 0) is 10.3 Å². The maximum Gasteiger partial charge on any atom is 0.222 e. The molecule has 2 unspecified atom stereocenters. The van der Waals surface area contributed by atoms with Gasteiger partial charge in [-0.1, -0.05) is 30.0 Å². The zero-order chi connectivity index (χ0) is 20.0. The molecule has 0 radical (unpaired) electrons. The van der Waals surface area contributed by atoms with Crippen molar-refractivity contribution >= 4 is 22.8 Å². The van der Waals surface area contributed by atoms with Crippen molar-refractivity contribution in [3.8, 4) is 11.1 Å². The van der Waals surface area contributed by atoms with Gasteiger partial charge in [-0.25, -0.2) is 9.98 Å². The number of amides is 1. The fourth-order valence-electron chi connectivity index (χ4n) is 4.47. The van der Waals surface area contributed by atoms with Crippen molar-refractivity contribution < 1.29 is 9.18 Å². The highest BCUT2D eigenvalue weighted by molar-refractivity contribution is 8.13. The van der Waals surface area contributed by atoms with Crippen molar-refractivity contribution in [1.82, 2.24) is 9.88 Å². The fourth-order valence-corrected chi connectivity index (χ4v) is 5.45. The van der Waals surface area contributed by atoms with Crippen molar-refractivity contribution in [3.05, 3.63) is 54.1 Å². The van der Waals surface area contributed by atoms with Crippen LogP contribution in [0.1, 0.15) is 24.8 Å². The first-order valence-corrected chi connectivity index (χ1v) is 11.0. The number of nitrogens with zero attached hydrogens (tertiary/aromatic N) is 3. The first-order chi connectivity index (χ1) is 14.0. The number of rotatable bonds is 4. The lowest BCUT2D eigenvalue weighted by Gasteiger charge is -2.35. The molecule has 2 atom stereocenters. The van der Waals surface area contributed by atoms with Gasteiger partial charge in [0.05, 0.1) is 6.54 Å². The van der Waals surface area contributed by atoms with Crippen LogP contribution in [0, 0.1) is 17.8 Å². The van der Waals surface area contributed by atoms with Gasteiger partial charge in [0, 0.05) is 36.4 Å². The molecule has 150 valence electrons. The number of carbonyl (C=O) groups excluding carboxylic acids is 1. The van der Waals surface area contributed by atoms with Crippen molar-refractivity contribution in [1.29, 1.82) is 0 Å². The molecule has 3 aliphatic rings. The van der Waals surface area contributed by atoms with Gasteiger partial charge in [0.15, 0.2) is 5.17 Å². The number of thioether (sulfide) groups is 1. The number of halogens is 1. The molecule has 2 fully saturated rings. The number of amidine groups is 1. The van der Waals surface area contributed by atoms with Crippen molar-refractivity contribution in [2.45, 2.75) is 24.8 Å². The molecule has 3 heterocycles. The number of likely N-dealkylation sites (tertiary alicyclic amines) is 1. The van der Waals surface area contributed by atoms with Crippen LogP contribution in [0.15, 0.2) is 47.6 Å². The lowest BCUT2D eigenvalue weighted by atomic mass is 9.81. The van der Waals surface area contributed by atoms with E-state index in [-0.39, 0.29) is 11.8 Å². The van der Waals surface area contributed by atoms with Gasteiger partial charge in [-0.2, -0.15) is 4.39 Å². The lowest BCUT2D eigenvalue weighted by molar-refractivity contribution is -0.130. The normalized spacial score (nSPS) is 26.2. The van der Waals surface area contributed by atoms with E-state index in [9.17, 15) is 9.18 Å². The zero-order valence-corrected chi connectivity index (χ0v) is 16.9. The molecule has 0 spiro atoms. The van der Waals surface area contributed by atoms with Gasteiger partial charge in [-0.05, 0) is 48.1 Å². The number of pyridine rings is 1. The molecule has 5 nitrogen and oxygen atoms in total. The Labute approximate surface area is 173 Å². The number of hydrogen-bond acceptors (Lipinski definition) is 5. The van der Waals surface area contributed by atoms with Crippen molar-refractivity contribution in [3.63, 3.8) is 0 Å². The summed E-state index contributed by atoms with van der Waals surface area (Å²) in [5.74, 6) is 1.30. The number of fused-ring (bicyclic) bond motifs is 1. The molecule has 1 amide bonds. The average Bonchev–Trinajstić information content (AvgIpc) is 3.45. The summed E-state index contributed by atoms with van der Waals surface area (Å²) >= 11 is 1.55. The second-order valence-electron chi connectivity index (χ2n) is 8.23. The summed E-state index contributed by atoms with van der Waals surface area (Å²) in [5, 5.41) is 0.552. The second kappa shape index (κ2) is 7.13. The summed E-state index contributed by atoms with van der Waals surface area (Å²) < 4.78 is 14.3. The van der Waals surface area contributed by atoms with E-state index < -0.39 is 11.5 Å². The Kier molecular flexibility index (Phi) is 4.57. The Balaban J connectivity index is 1.53. The van der Waals surface area contributed by atoms with Gasteiger partial charge in [0.2, 0.25) is 11.9 Å². The third-order valence-electron chi connectivity index (χ3n) is 6.24. The number of hydrogen-bond donors (Lipinski definition) is 1. The van der Waals surface area contributed by atoms with Gasteiger partial charge >= 0.3 is 0 Å². The SMILES string of the molecule is NC1=NC2(c3cccc(-c4cccnc4F)c3)CN(C(=O)CC3CC3)CC2CS1. The topological polar surface area (TPSA) is 71.6 Å². The molecule has 5 rings (SSSR count). The van der Waals surface area contributed by atoms with Gasteiger partial charge in [-0.15, -0.1) is 0 Å². The summed E-state index contributed by atoms with van der Waals surface area (Å²) in [5.41, 5.74) is 7.77. The third kappa shape index (κ3) is 3.41. The van der Waals surface area contributed by atoms with Gasteiger partial charge in [0.1, 0.15) is 5.54 Å². The molecule has 2 aliphatic heterocycles. The van der Waals surface area contributed by atoms with Crippen LogP contribution in [0.4, 0.5) is 4.39 Å².